The van der Waals surface area contributed by atoms with E-state index in [2.05, 4.69) is 15.9 Å². The molecule has 0 radical (unpaired) electrons. The van der Waals surface area contributed by atoms with Crippen molar-refractivity contribution in [3.63, 3.8) is 0 Å². The Morgan fingerprint density at radius 3 is 2.52 bits per heavy atom. The van der Waals surface area contributed by atoms with Crippen molar-refractivity contribution < 1.29 is 14.6 Å². The number of aliphatic hydroxyl groups excluding tert-OH is 1. The van der Waals surface area contributed by atoms with Gasteiger partial charge >= 0.3 is 0 Å². The average Bonchev–Trinajstić information content (AvgIpc) is 2.70. The molecule has 2 aromatic carbocycles. The second kappa shape index (κ2) is 6.08. The molecular weight excluding hydrogens is 332 g/mol. The molecule has 1 atom stereocenters. The first-order valence-corrected chi connectivity index (χ1v) is 7.78. The van der Waals surface area contributed by atoms with Crippen LogP contribution in [-0.2, 0) is 0 Å². The van der Waals surface area contributed by atoms with Gasteiger partial charge in [0.25, 0.3) is 0 Å². The molecule has 1 heterocycles. The Morgan fingerprint density at radius 2 is 1.81 bits per heavy atom. The average molecular weight is 349 g/mol. The Kier molecular flexibility index (Phi) is 4.17. The fourth-order valence-electron chi connectivity index (χ4n) is 2.43. The van der Waals surface area contributed by atoms with Crippen LogP contribution in [0, 0.1) is 6.92 Å². The zero-order chi connectivity index (χ0) is 14.8. The van der Waals surface area contributed by atoms with Gasteiger partial charge in [-0.1, -0.05) is 45.8 Å². The van der Waals surface area contributed by atoms with Crippen LogP contribution in [-0.4, -0.2) is 18.3 Å². The summed E-state index contributed by atoms with van der Waals surface area (Å²) < 4.78 is 12.2. The summed E-state index contributed by atoms with van der Waals surface area (Å²) in [5, 5.41) is 10.6. The highest BCUT2D eigenvalue weighted by Gasteiger charge is 2.19. The minimum absolute atomic E-state index is 0.634. The van der Waals surface area contributed by atoms with Crippen molar-refractivity contribution >= 4 is 15.9 Å². The predicted octanol–water partition coefficient (Wildman–Crippen LogP) is 4.00. The van der Waals surface area contributed by atoms with Crippen LogP contribution in [0.25, 0.3) is 0 Å². The van der Waals surface area contributed by atoms with Crippen LogP contribution in [0.5, 0.6) is 11.5 Å². The number of rotatable bonds is 2. The molecule has 0 amide bonds. The molecule has 1 aliphatic rings. The second-order valence-electron chi connectivity index (χ2n) is 5.19. The molecule has 0 saturated carbocycles. The van der Waals surface area contributed by atoms with Gasteiger partial charge in [0.15, 0.2) is 11.5 Å². The van der Waals surface area contributed by atoms with Crippen LogP contribution < -0.4 is 9.47 Å². The highest BCUT2D eigenvalue weighted by Crippen LogP contribution is 2.39. The van der Waals surface area contributed by atoms with Crippen molar-refractivity contribution in [3.05, 3.63) is 57.6 Å². The van der Waals surface area contributed by atoms with Crippen molar-refractivity contribution in [3.8, 4) is 11.5 Å². The Balaban J connectivity index is 2.00. The fourth-order valence-corrected chi connectivity index (χ4v) is 2.97. The minimum atomic E-state index is -0.698. The SMILES string of the molecule is Cc1cccc(C(O)c2cc3c(cc2Br)OCCCO3)c1. The van der Waals surface area contributed by atoms with Crippen molar-refractivity contribution in [2.45, 2.75) is 19.4 Å². The highest BCUT2D eigenvalue weighted by atomic mass is 79.9. The third-order valence-corrected chi connectivity index (χ3v) is 4.21. The number of fused-ring (bicyclic) bond motifs is 1. The Bertz CT molecular complexity index is 654. The van der Waals surface area contributed by atoms with Crippen LogP contribution in [0.3, 0.4) is 0 Å². The van der Waals surface area contributed by atoms with Gasteiger partial charge in [0.05, 0.1) is 13.2 Å². The van der Waals surface area contributed by atoms with Crippen LogP contribution in [0.1, 0.15) is 29.2 Å². The van der Waals surface area contributed by atoms with Gasteiger partial charge in [-0.3, -0.25) is 0 Å². The summed E-state index contributed by atoms with van der Waals surface area (Å²) in [4.78, 5) is 0. The van der Waals surface area contributed by atoms with E-state index < -0.39 is 6.10 Å². The van der Waals surface area contributed by atoms with E-state index >= 15 is 0 Å². The summed E-state index contributed by atoms with van der Waals surface area (Å²) in [6, 6.07) is 11.6. The number of hydrogen-bond acceptors (Lipinski definition) is 3. The third kappa shape index (κ3) is 3.06. The van der Waals surface area contributed by atoms with E-state index in [0.29, 0.717) is 19.0 Å². The number of hydrogen-bond donors (Lipinski definition) is 1. The molecule has 0 bridgehead atoms. The van der Waals surface area contributed by atoms with Crippen LogP contribution >= 0.6 is 15.9 Å². The monoisotopic (exact) mass is 348 g/mol. The normalized spacial score (nSPS) is 15.4. The van der Waals surface area contributed by atoms with E-state index in [1.165, 1.54) is 0 Å². The molecule has 3 rings (SSSR count). The molecule has 4 heteroatoms. The lowest BCUT2D eigenvalue weighted by Gasteiger charge is -2.17. The Hall–Kier alpha value is -1.52. The van der Waals surface area contributed by atoms with Crippen molar-refractivity contribution in [1.82, 2.24) is 0 Å². The molecular formula is C17H17BrO3. The van der Waals surface area contributed by atoms with Crippen LogP contribution in [0.4, 0.5) is 0 Å². The molecule has 2 aromatic rings. The maximum Gasteiger partial charge on any atom is 0.162 e. The number of aliphatic hydroxyl groups is 1. The van der Waals surface area contributed by atoms with Gasteiger partial charge in [-0.15, -0.1) is 0 Å². The van der Waals surface area contributed by atoms with Gasteiger partial charge in [-0.25, -0.2) is 0 Å². The topological polar surface area (TPSA) is 38.7 Å². The molecule has 0 aromatic heterocycles. The standard InChI is InChI=1S/C17H17BrO3/c1-11-4-2-5-12(8-11)17(19)13-9-15-16(10-14(13)18)21-7-3-6-20-15/h2,4-5,8-10,17,19H,3,6-7H2,1H3. The minimum Gasteiger partial charge on any atom is -0.490 e. The summed E-state index contributed by atoms with van der Waals surface area (Å²) in [5.41, 5.74) is 2.77. The molecule has 0 saturated heterocycles. The van der Waals surface area contributed by atoms with Crippen molar-refractivity contribution in [2.24, 2.45) is 0 Å². The third-order valence-electron chi connectivity index (χ3n) is 3.52. The summed E-state index contributed by atoms with van der Waals surface area (Å²) in [6.07, 6.45) is 0.165. The molecule has 21 heavy (non-hydrogen) atoms. The van der Waals surface area contributed by atoms with Crippen LogP contribution in [0.2, 0.25) is 0 Å². The van der Waals surface area contributed by atoms with E-state index in [0.717, 1.165) is 33.3 Å². The largest absolute Gasteiger partial charge is 0.490 e. The Labute approximate surface area is 132 Å². The summed E-state index contributed by atoms with van der Waals surface area (Å²) in [5.74, 6) is 1.41. The van der Waals surface area contributed by atoms with Crippen molar-refractivity contribution in [2.75, 3.05) is 13.2 Å². The molecule has 3 nitrogen and oxygen atoms in total. The van der Waals surface area contributed by atoms with Crippen LogP contribution in [0.15, 0.2) is 40.9 Å². The Morgan fingerprint density at radius 1 is 1.10 bits per heavy atom. The highest BCUT2D eigenvalue weighted by molar-refractivity contribution is 9.10. The maximum absolute atomic E-state index is 10.6. The first kappa shape index (κ1) is 14.4. The summed E-state index contributed by atoms with van der Waals surface area (Å²) in [7, 11) is 0. The van der Waals surface area contributed by atoms with Gasteiger partial charge in [0.1, 0.15) is 6.10 Å². The van der Waals surface area contributed by atoms with E-state index in [4.69, 9.17) is 9.47 Å². The lowest BCUT2D eigenvalue weighted by atomic mass is 9.99. The molecule has 0 fully saturated rings. The number of halogens is 1. The molecule has 1 N–H and O–H groups in total. The van der Waals surface area contributed by atoms with Gasteiger partial charge in [-0.05, 0) is 24.6 Å². The second-order valence-corrected chi connectivity index (χ2v) is 6.04. The maximum atomic E-state index is 10.6. The smallest absolute Gasteiger partial charge is 0.162 e. The summed E-state index contributed by atoms with van der Waals surface area (Å²) >= 11 is 3.52. The van der Waals surface area contributed by atoms with Gasteiger partial charge < -0.3 is 14.6 Å². The first-order chi connectivity index (χ1) is 10.1. The number of ether oxygens (including phenoxy) is 2. The fraction of sp³-hybridized carbons (Fsp3) is 0.294. The first-order valence-electron chi connectivity index (χ1n) is 6.99. The number of benzene rings is 2. The van der Waals surface area contributed by atoms with Gasteiger partial charge in [-0.2, -0.15) is 0 Å². The van der Waals surface area contributed by atoms with Gasteiger partial charge in [0.2, 0.25) is 0 Å². The molecule has 0 aliphatic carbocycles. The predicted molar refractivity (Wildman–Crippen MR) is 85.0 cm³/mol. The quantitative estimate of drug-likeness (QED) is 0.891. The molecule has 1 unspecified atom stereocenters. The van der Waals surface area contributed by atoms with E-state index in [9.17, 15) is 5.11 Å². The zero-order valence-electron chi connectivity index (χ0n) is 11.8. The van der Waals surface area contributed by atoms with E-state index in [1.54, 1.807) is 0 Å². The van der Waals surface area contributed by atoms with E-state index in [-0.39, 0.29) is 0 Å². The lowest BCUT2D eigenvalue weighted by Crippen LogP contribution is -2.02. The number of aryl methyl sites for hydroxylation is 1. The molecule has 1 aliphatic heterocycles. The van der Waals surface area contributed by atoms with Crippen molar-refractivity contribution in [1.29, 1.82) is 0 Å². The lowest BCUT2D eigenvalue weighted by molar-refractivity contribution is 0.218. The van der Waals surface area contributed by atoms with E-state index in [1.807, 2.05) is 43.3 Å². The van der Waals surface area contributed by atoms with Gasteiger partial charge in [0, 0.05) is 16.5 Å². The summed E-state index contributed by atoms with van der Waals surface area (Å²) in [6.45, 7) is 3.30. The molecule has 0 spiro atoms. The zero-order valence-corrected chi connectivity index (χ0v) is 13.4. The molecule has 110 valence electrons.